The van der Waals surface area contributed by atoms with Gasteiger partial charge < -0.3 is 9.47 Å². The van der Waals surface area contributed by atoms with Crippen molar-refractivity contribution in [1.82, 2.24) is 5.01 Å². The molecule has 1 aliphatic rings. The first-order valence-electron chi connectivity index (χ1n) is 4.10. The quantitative estimate of drug-likeness (QED) is 0.538. The molecule has 0 bridgehead atoms. The molecule has 1 aromatic rings. The van der Waals surface area contributed by atoms with E-state index < -0.39 is 0 Å². The van der Waals surface area contributed by atoms with Gasteiger partial charge in [0.2, 0.25) is 6.79 Å². The number of hydrogen-bond acceptors (Lipinski definition) is 4. The Morgan fingerprint density at radius 2 is 2.15 bits per heavy atom. The van der Waals surface area contributed by atoms with Crippen LogP contribution in [0.15, 0.2) is 18.2 Å². The Labute approximate surface area is 76.8 Å². The summed E-state index contributed by atoms with van der Waals surface area (Å²) in [5.74, 6) is 7.14. The fourth-order valence-electron chi connectivity index (χ4n) is 1.33. The third-order valence-corrected chi connectivity index (χ3v) is 1.87. The van der Waals surface area contributed by atoms with Crippen LogP contribution in [0.2, 0.25) is 0 Å². The maximum Gasteiger partial charge on any atom is 0.231 e. The molecule has 1 aromatic carbocycles. The van der Waals surface area contributed by atoms with Crippen LogP contribution >= 0.6 is 0 Å². The fourth-order valence-corrected chi connectivity index (χ4v) is 1.33. The maximum absolute atomic E-state index is 5.53. The SMILES string of the molecule is CN(N)Cc1ccc2c(c1)OCO2. The highest BCUT2D eigenvalue weighted by atomic mass is 16.7. The predicted molar refractivity (Wildman–Crippen MR) is 48.2 cm³/mol. The number of fused-ring (bicyclic) bond motifs is 1. The van der Waals surface area contributed by atoms with Crippen LogP contribution in [0.25, 0.3) is 0 Å². The summed E-state index contributed by atoms with van der Waals surface area (Å²) in [5.41, 5.74) is 1.12. The van der Waals surface area contributed by atoms with E-state index in [1.165, 1.54) is 0 Å². The second kappa shape index (κ2) is 3.24. The molecule has 1 aliphatic heterocycles. The van der Waals surface area contributed by atoms with Crippen LogP contribution in [0.4, 0.5) is 0 Å². The second-order valence-corrected chi connectivity index (χ2v) is 3.10. The average molecular weight is 180 g/mol. The van der Waals surface area contributed by atoms with E-state index in [0.717, 1.165) is 17.1 Å². The summed E-state index contributed by atoms with van der Waals surface area (Å²) in [4.78, 5) is 0. The van der Waals surface area contributed by atoms with E-state index >= 15 is 0 Å². The summed E-state index contributed by atoms with van der Waals surface area (Å²) in [5, 5.41) is 1.62. The Balaban J connectivity index is 2.21. The van der Waals surface area contributed by atoms with Crippen LogP contribution in [0, 0.1) is 0 Å². The van der Waals surface area contributed by atoms with Crippen LogP contribution < -0.4 is 15.3 Å². The molecule has 0 saturated carbocycles. The first-order valence-corrected chi connectivity index (χ1v) is 4.10. The van der Waals surface area contributed by atoms with Crippen molar-refractivity contribution in [2.45, 2.75) is 6.54 Å². The minimum Gasteiger partial charge on any atom is -0.454 e. The monoisotopic (exact) mass is 180 g/mol. The lowest BCUT2D eigenvalue weighted by atomic mass is 10.2. The Bertz CT molecular complexity index is 312. The molecule has 0 spiro atoms. The third-order valence-electron chi connectivity index (χ3n) is 1.87. The molecule has 70 valence electrons. The number of nitrogens with two attached hydrogens (primary N) is 1. The molecule has 2 N–H and O–H groups in total. The van der Waals surface area contributed by atoms with Gasteiger partial charge in [-0.15, -0.1) is 0 Å². The summed E-state index contributed by atoms with van der Waals surface area (Å²) >= 11 is 0. The minimum atomic E-state index is 0.317. The van der Waals surface area contributed by atoms with E-state index in [2.05, 4.69) is 0 Å². The molecule has 1 heterocycles. The molecule has 4 heteroatoms. The van der Waals surface area contributed by atoms with Gasteiger partial charge in [0.05, 0.1) is 0 Å². The second-order valence-electron chi connectivity index (χ2n) is 3.10. The first kappa shape index (κ1) is 8.34. The molecule has 0 aliphatic carbocycles. The summed E-state index contributed by atoms with van der Waals surface area (Å²) in [6.45, 7) is 1.02. The van der Waals surface area contributed by atoms with Gasteiger partial charge in [0.15, 0.2) is 11.5 Å². The zero-order valence-corrected chi connectivity index (χ0v) is 7.49. The Kier molecular flexibility index (Phi) is 2.08. The Hall–Kier alpha value is -1.26. The molecular formula is C9H12N2O2. The highest BCUT2D eigenvalue weighted by molar-refractivity contribution is 5.44. The smallest absolute Gasteiger partial charge is 0.231 e. The van der Waals surface area contributed by atoms with Crippen molar-refractivity contribution < 1.29 is 9.47 Å². The first-order chi connectivity index (χ1) is 6.25. The number of benzene rings is 1. The lowest BCUT2D eigenvalue weighted by molar-refractivity contribution is 0.174. The van der Waals surface area contributed by atoms with Crippen molar-refractivity contribution in [2.75, 3.05) is 13.8 Å². The number of nitrogens with zero attached hydrogens (tertiary/aromatic N) is 1. The van der Waals surface area contributed by atoms with Gasteiger partial charge in [-0.2, -0.15) is 0 Å². The van der Waals surface area contributed by atoms with Crippen molar-refractivity contribution >= 4 is 0 Å². The minimum absolute atomic E-state index is 0.317. The Morgan fingerprint density at radius 1 is 1.38 bits per heavy atom. The molecule has 0 atom stereocenters. The van der Waals surface area contributed by atoms with Gasteiger partial charge in [-0.3, -0.25) is 5.84 Å². The largest absolute Gasteiger partial charge is 0.454 e. The van der Waals surface area contributed by atoms with Gasteiger partial charge >= 0.3 is 0 Å². The number of ether oxygens (including phenoxy) is 2. The molecule has 0 aromatic heterocycles. The topological polar surface area (TPSA) is 47.7 Å². The molecule has 0 radical (unpaired) electrons. The number of hydrogen-bond donors (Lipinski definition) is 1. The van der Waals surface area contributed by atoms with Gasteiger partial charge in [0, 0.05) is 13.6 Å². The maximum atomic E-state index is 5.53. The van der Waals surface area contributed by atoms with Crippen molar-refractivity contribution in [2.24, 2.45) is 5.84 Å². The molecule has 0 fully saturated rings. The van der Waals surface area contributed by atoms with Crippen molar-refractivity contribution in [1.29, 1.82) is 0 Å². The van der Waals surface area contributed by atoms with E-state index in [1.54, 1.807) is 5.01 Å². The van der Waals surface area contributed by atoms with Gasteiger partial charge in [-0.05, 0) is 17.7 Å². The van der Waals surface area contributed by atoms with Crippen molar-refractivity contribution in [3.8, 4) is 11.5 Å². The van der Waals surface area contributed by atoms with Crippen LogP contribution in [0.5, 0.6) is 11.5 Å². The molecule has 2 rings (SSSR count). The van der Waals surface area contributed by atoms with Crippen LogP contribution in [-0.2, 0) is 6.54 Å². The van der Waals surface area contributed by atoms with Gasteiger partial charge in [-0.25, -0.2) is 5.01 Å². The summed E-state index contributed by atoms with van der Waals surface area (Å²) in [7, 11) is 1.82. The average Bonchev–Trinajstić information content (AvgIpc) is 2.49. The molecule has 0 saturated heterocycles. The number of rotatable bonds is 2. The summed E-state index contributed by atoms with van der Waals surface area (Å²) < 4.78 is 10.4. The van der Waals surface area contributed by atoms with Crippen molar-refractivity contribution in [3.63, 3.8) is 0 Å². The standard InChI is InChI=1S/C9H12N2O2/c1-11(10)5-7-2-3-8-9(4-7)13-6-12-8/h2-4H,5-6,10H2,1H3. The van der Waals surface area contributed by atoms with E-state index in [4.69, 9.17) is 15.3 Å². The van der Waals surface area contributed by atoms with E-state index in [1.807, 2.05) is 25.2 Å². The lowest BCUT2D eigenvalue weighted by Crippen LogP contribution is -2.24. The molecule has 13 heavy (non-hydrogen) atoms. The molecule has 0 amide bonds. The van der Waals surface area contributed by atoms with Gasteiger partial charge in [0.25, 0.3) is 0 Å². The van der Waals surface area contributed by atoms with Gasteiger partial charge in [0.1, 0.15) is 0 Å². The van der Waals surface area contributed by atoms with E-state index in [0.29, 0.717) is 13.3 Å². The number of hydrazine groups is 1. The Morgan fingerprint density at radius 3 is 2.92 bits per heavy atom. The van der Waals surface area contributed by atoms with Gasteiger partial charge in [-0.1, -0.05) is 6.07 Å². The predicted octanol–water partition coefficient (Wildman–Crippen LogP) is 0.721. The highest BCUT2D eigenvalue weighted by Gasteiger charge is 2.12. The normalized spacial score (nSPS) is 13.8. The fraction of sp³-hybridized carbons (Fsp3) is 0.333. The lowest BCUT2D eigenvalue weighted by Gasteiger charge is -2.09. The van der Waals surface area contributed by atoms with E-state index in [-0.39, 0.29) is 0 Å². The molecular weight excluding hydrogens is 168 g/mol. The molecule has 4 nitrogen and oxygen atoms in total. The van der Waals surface area contributed by atoms with Crippen LogP contribution in [-0.4, -0.2) is 18.8 Å². The zero-order chi connectivity index (χ0) is 9.26. The van der Waals surface area contributed by atoms with Crippen LogP contribution in [0.1, 0.15) is 5.56 Å². The van der Waals surface area contributed by atoms with E-state index in [9.17, 15) is 0 Å². The van der Waals surface area contributed by atoms with Crippen molar-refractivity contribution in [3.05, 3.63) is 23.8 Å². The summed E-state index contributed by atoms with van der Waals surface area (Å²) in [6.07, 6.45) is 0. The van der Waals surface area contributed by atoms with Crippen LogP contribution in [0.3, 0.4) is 0 Å². The highest BCUT2D eigenvalue weighted by Crippen LogP contribution is 2.32. The third kappa shape index (κ3) is 1.74. The molecule has 0 unspecified atom stereocenters. The zero-order valence-electron chi connectivity index (χ0n) is 7.49. The summed E-state index contributed by atoms with van der Waals surface area (Å²) in [6, 6.07) is 5.84.